The van der Waals surface area contributed by atoms with Gasteiger partial charge in [-0.15, -0.1) is 0 Å². The first-order valence-electron chi connectivity index (χ1n) is 3.28. The molecule has 0 aromatic carbocycles. The third kappa shape index (κ3) is 1.42. The number of nitrogen functional groups attached to an aromatic ring is 1. The normalized spacial score (nSPS) is 9.08. The minimum absolute atomic E-state index is 0.303. The quantitative estimate of drug-likeness (QED) is 0.536. The first-order valence-corrected chi connectivity index (χ1v) is 3.28. The number of hydrogen-bond acceptors (Lipinski definition) is 5. The van der Waals surface area contributed by atoms with Crippen molar-refractivity contribution in [2.24, 2.45) is 0 Å². The van der Waals surface area contributed by atoms with Crippen LogP contribution in [0.4, 0.5) is 17.3 Å². The number of amides is 1. The summed E-state index contributed by atoms with van der Waals surface area (Å²) in [5.41, 5.74) is 6.01. The van der Waals surface area contributed by atoms with E-state index in [1.54, 1.807) is 7.05 Å². The maximum Gasteiger partial charge on any atom is 0.212 e. The van der Waals surface area contributed by atoms with Gasteiger partial charge in [-0.05, 0) is 0 Å². The SMILES string of the molecule is CNc1c(N)ncnc1NC=O. The lowest BCUT2D eigenvalue weighted by atomic mass is 10.4. The average Bonchev–Trinajstić information content (AvgIpc) is 2.05. The Morgan fingerprint density at radius 2 is 2.33 bits per heavy atom. The van der Waals surface area contributed by atoms with Gasteiger partial charge in [-0.25, -0.2) is 9.97 Å². The molecular formula is C6H9N5O. The third-order valence-corrected chi connectivity index (χ3v) is 1.32. The summed E-state index contributed by atoms with van der Waals surface area (Å²) in [7, 11) is 1.67. The van der Waals surface area contributed by atoms with Crippen LogP contribution in [0.3, 0.4) is 0 Å². The number of carbonyl (C=O) groups is 1. The molecule has 0 saturated carbocycles. The molecule has 0 bridgehead atoms. The zero-order valence-electron chi connectivity index (χ0n) is 6.53. The lowest BCUT2D eigenvalue weighted by Gasteiger charge is -2.07. The Morgan fingerprint density at radius 3 is 2.92 bits per heavy atom. The van der Waals surface area contributed by atoms with Crippen molar-refractivity contribution in [2.45, 2.75) is 0 Å². The molecule has 1 rings (SSSR count). The smallest absolute Gasteiger partial charge is 0.212 e. The van der Waals surface area contributed by atoms with Gasteiger partial charge in [-0.1, -0.05) is 0 Å². The summed E-state index contributed by atoms with van der Waals surface area (Å²) >= 11 is 0. The van der Waals surface area contributed by atoms with Gasteiger partial charge in [0.05, 0.1) is 0 Å². The fourth-order valence-corrected chi connectivity index (χ4v) is 0.811. The van der Waals surface area contributed by atoms with Crippen LogP contribution in [-0.2, 0) is 4.79 Å². The number of nitrogens with zero attached hydrogens (tertiary/aromatic N) is 2. The second-order valence-corrected chi connectivity index (χ2v) is 1.99. The molecule has 4 N–H and O–H groups in total. The molecule has 0 aliphatic heterocycles. The summed E-state index contributed by atoms with van der Waals surface area (Å²) in [5.74, 6) is 0.678. The average molecular weight is 167 g/mol. The monoisotopic (exact) mass is 167 g/mol. The Bertz CT molecular complexity index is 287. The molecule has 1 amide bonds. The Hall–Kier alpha value is -1.85. The molecule has 1 aromatic rings. The van der Waals surface area contributed by atoms with Crippen molar-refractivity contribution >= 4 is 23.7 Å². The van der Waals surface area contributed by atoms with Gasteiger partial charge in [0.2, 0.25) is 6.41 Å². The molecule has 0 fully saturated rings. The van der Waals surface area contributed by atoms with E-state index in [9.17, 15) is 4.79 Å². The summed E-state index contributed by atoms with van der Waals surface area (Å²) in [6.07, 6.45) is 1.81. The van der Waals surface area contributed by atoms with Crippen LogP contribution >= 0.6 is 0 Å². The van der Waals surface area contributed by atoms with Crippen molar-refractivity contribution in [1.82, 2.24) is 9.97 Å². The molecule has 0 aliphatic carbocycles. The minimum Gasteiger partial charge on any atom is -0.382 e. The Balaban J connectivity index is 3.08. The first-order chi connectivity index (χ1) is 5.79. The molecule has 1 heterocycles. The largest absolute Gasteiger partial charge is 0.382 e. The highest BCUT2D eigenvalue weighted by Crippen LogP contribution is 2.21. The fourth-order valence-electron chi connectivity index (χ4n) is 0.811. The van der Waals surface area contributed by atoms with E-state index >= 15 is 0 Å². The van der Waals surface area contributed by atoms with Crippen LogP contribution in [0.15, 0.2) is 6.33 Å². The zero-order chi connectivity index (χ0) is 8.97. The molecule has 0 unspecified atom stereocenters. The van der Waals surface area contributed by atoms with Crippen LogP contribution in [0.5, 0.6) is 0 Å². The number of rotatable bonds is 3. The number of hydrogen-bond donors (Lipinski definition) is 3. The number of aromatic nitrogens is 2. The van der Waals surface area contributed by atoms with E-state index in [1.165, 1.54) is 6.33 Å². The number of anilines is 3. The summed E-state index contributed by atoms with van der Waals surface area (Å²) in [5, 5.41) is 5.17. The van der Waals surface area contributed by atoms with Crippen molar-refractivity contribution in [3.63, 3.8) is 0 Å². The zero-order valence-corrected chi connectivity index (χ0v) is 6.53. The van der Waals surface area contributed by atoms with Crippen LogP contribution in [0, 0.1) is 0 Å². The topological polar surface area (TPSA) is 92.9 Å². The van der Waals surface area contributed by atoms with Crippen LogP contribution in [0.2, 0.25) is 0 Å². The van der Waals surface area contributed by atoms with E-state index in [1.807, 2.05) is 0 Å². The van der Waals surface area contributed by atoms with E-state index in [-0.39, 0.29) is 0 Å². The van der Waals surface area contributed by atoms with E-state index in [0.717, 1.165) is 0 Å². The van der Waals surface area contributed by atoms with Gasteiger partial charge >= 0.3 is 0 Å². The first kappa shape index (κ1) is 8.25. The molecule has 1 aromatic heterocycles. The lowest BCUT2D eigenvalue weighted by molar-refractivity contribution is -0.105. The fraction of sp³-hybridized carbons (Fsp3) is 0.167. The van der Waals surface area contributed by atoms with E-state index < -0.39 is 0 Å². The second kappa shape index (κ2) is 3.51. The molecule has 0 aliphatic rings. The van der Waals surface area contributed by atoms with Crippen LogP contribution < -0.4 is 16.4 Å². The Labute approximate surface area is 69.2 Å². The lowest BCUT2D eigenvalue weighted by Crippen LogP contribution is -2.06. The summed E-state index contributed by atoms with van der Waals surface area (Å²) < 4.78 is 0. The molecule has 12 heavy (non-hydrogen) atoms. The molecule has 0 saturated heterocycles. The maximum atomic E-state index is 10.1. The highest BCUT2D eigenvalue weighted by molar-refractivity contribution is 5.82. The molecule has 0 spiro atoms. The molecule has 0 radical (unpaired) electrons. The summed E-state index contributed by atoms with van der Waals surface area (Å²) in [6, 6.07) is 0. The molecule has 6 nitrogen and oxygen atoms in total. The predicted molar refractivity (Wildman–Crippen MR) is 45.7 cm³/mol. The summed E-state index contributed by atoms with van der Waals surface area (Å²) in [6.45, 7) is 0. The number of nitrogens with one attached hydrogen (secondary N) is 2. The standard InChI is InChI=1S/C6H9N5O/c1-8-4-5(7)9-2-10-6(4)11-3-12/h2-3,8H,1H3,(H3,7,9,10,11,12). The molecular weight excluding hydrogens is 158 g/mol. The maximum absolute atomic E-state index is 10.1. The van der Waals surface area contributed by atoms with Gasteiger partial charge in [-0.3, -0.25) is 4.79 Å². The van der Waals surface area contributed by atoms with Gasteiger partial charge in [0.15, 0.2) is 11.6 Å². The van der Waals surface area contributed by atoms with E-state index in [4.69, 9.17) is 5.73 Å². The minimum atomic E-state index is 0.303. The van der Waals surface area contributed by atoms with Gasteiger partial charge < -0.3 is 16.4 Å². The second-order valence-electron chi connectivity index (χ2n) is 1.99. The molecule has 6 heteroatoms. The third-order valence-electron chi connectivity index (χ3n) is 1.32. The van der Waals surface area contributed by atoms with Crippen LogP contribution in [-0.4, -0.2) is 23.4 Å². The highest BCUT2D eigenvalue weighted by Gasteiger charge is 2.04. The van der Waals surface area contributed by atoms with Crippen molar-refractivity contribution in [2.75, 3.05) is 23.4 Å². The van der Waals surface area contributed by atoms with Crippen molar-refractivity contribution in [3.8, 4) is 0 Å². The van der Waals surface area contributed by atoms with E-state index in [0.29, 0.717) is 23.7 Å². The molecule has 0 atom stereocenters. The van der Waals surface area contributed by atoms with Gasteiger partial charge in [0, 0.05) is 7.05 Å². The Kier molecular flexibility index (Phi) is 2.42. The van der Waals surface area contributed by atoms with Crippen molar-refractivity contribution < 1.29 is 4.79 Å². The van der Waals surface area contributed by atoms with Crippen molar-refractivity contribution in [1.29, 1.82) is 0 Å². The predicted octanol–water partition coefficient (Wildman–Crippen LogP) is -0.331. The number of nitrogens with two attached hydrogens (primary N) is 1. The van der Waals surface area contributed by atoms with Crippen LogP contribution in [0.1, 0.15) is 0 Å². The summed E-state index contributed by atoms with van der Waals surface area (Å²) in [4.78, 5) is 17.7. The molecule has 64 valence electrons. The number of carbonyl (C=O) groups excluding carboxylic acids is 1. The van der Waals surface area contributed by atoms with Crippen molar-refractivity contribution in [3.05, 3.63) is 6.33 Å². The van der Waals surface area contributed by atoms with Gasteiger partial charge in [-0.2, -0.15) is 0 Å². The van der Waals surface area contributed by atoms with Gasteiger partial charge in [0.1, 0.15) is 12.0 Å². The van der Waals surface area contributed by atoms with Gasteiger partial charge in [0.25, 0.3) is 0 Å². The Morgan fingerprint density at radius 1 is 1.58 bits per heavy atom. The van der Waals surface area contributed by atoms with E-state index in [2.05, 4.69) is 20.6 Å². The van der Waals surface area contributed by atoms with Crippen LogP contribution in [0.25, 0.3) is 0 Å². The highest BCUT2D eigenvalue weighted by atomic mass is 16.1.